The highest BCUT2D eigenvalue weighted by Gasteiger charge is 2.47. The van der Waals surface area contributed by atoms with Crippen LogP contribution in [0.1, 0.15) is 11.6 Å². The van der Waals surface area contributed by atoms with Gasteiger partial charge >= 0.3 is 17.7 Å². The van der Waals surface area contributed by atoms with Gasteiger partial charge in [-0.05, 0) is 11.6 Å². The summed E-state index contributed by atoms with van der Waals surface area (Å²) in [6, 6.07) is 1.05. The number of alkyl halides is 2. The van der Waals surface area contributed by atoms with E-state index in [9.17, 15) is 28.8 Å². The van der Waals surface area contributed by atoms with E-state index in [1.165, 1.54) is 0 Å². The summed E-state index contributed by atoms with van der Waals surface area (Å²) in [5.74, 6) is -4.05. The van der Waals surface area contributed by atoms with Gasteiger partial charge in [0.25, 0.3) is 0 Å². The maximum atomic E-state index is 13.6. The number of phenolic OH excluding ortho intramolecular Hbond substituents is 1. The third-order valence-electron chi connectivity index (χ3n) is 2.61. The summed E-state index contributed by atoms with van der Waals surface area (Å²) in [6.07, 6.45) is -1.04. The molecule has 1 aliphatic heterocycles. The smallest absolute Gasteiger partial charge is 0.408 e. The second-order valence-corrected chi connectivity index (χ2v) is 3.92. The molecule has 2 N–H and O–H groups in total. The molecule has 2 rings (SSSR count). The molecule has 1 atom stereocenters. The van der Waals surface area contributed by atoms with Gasteiger partial charge < -0.3 is 15.2 Å². The zero-order valence-electron chi connectivity index (χ0n) is 9.71. The number of nitro benzene ring substituents is 1. The van der Waals surface area contributed by atoms with E-state index in [1.807, 2.05) is 5.32 Å². The molecule has 20 heavy (non-hydrogen) atoms. The minimum Gasteiger partial charge on any atom is -0.502 e. The Balaban J connectivity index is 0.00000200. The molecule has 1 aliphatic rings. The summed E-state index contributed by atoms with van der Waals surface area (Å²) in [7, 11) is 0. The highest BCUT2D eigenvalue weighted by atomic mass is 35.5. The first-order chi connectivity index (χ1) is 8.81. The van der Waals surface area contributed by atoms with Crippen molar-refractivity contribution in [1.82, 2.24) is 5.32 Å². The van der Waals surface area contributed by atoms with Crippen molar-refractivity contribution in [2.75, 3.05) is 6.61 Å². The molecule has 110 valence electrons. The SMILES string of the molecule is Cl.O=C1N[C@@H](c2ccc(O)c([N+](=O)[O-])c2)C(F)(F)CO1. The Labute approximate surface area is 117 Å². The molecule has 0 saturated carbocycles. The van der Waals surface area contributed by atoms with Gasteiger partial charge in [0, 0.05) is 6.07 Å². The molecule has 0 aromatic heterocycles. The monoisotopic (exact) mass is 310 g/mol. The van der Waals surface area contributed by atoms with Gasteiger partial charge in [0.2, 0.25) is 0 Å². The first-order valence-electron chi connectivity index (χ1n) is 5.09. The molecule has 1 aromatic carbocycles. The Bertz CT molecular complexity index is 554. The van der Waals surface area contributed by atoms with Gasteiger partial charge in [0.05, 0.1) is 4.92 Å². The lowest BCUT2D eigenvalue weighted by atomic mass is 9.99. The van der Waals surface area contributed by atoms with Gasteiger partial charge in [-0.1, -0.05) is 6.07 Å². The second-order valence-electron chi connectivity index (χ2n) is 3.92. The molecule has 1 fully saturated rings. The molecular formula is C10H9ClF2N2O5. The van der Waals surface area contributed by atoms with Gasteiger partial charge in [0.1, 0.15) is 6.04 Å². The number of nitrogens with one attached hydrogen (secondary N) is 1. The molecule has 0 spiro atoms. The van der Waals surface area contributed by atoms with Crippen molar-refractivity contribution in [1.29, 1.82) is 0 Å². The lowest BCUT2D eigenvalue weighted by molar-refractivity contribution is -0.386. The molecule has 7 nitrogen and oxygen atoms in total. The van der Waals surface area contributed by atoms with Crippen LogP contribution < -0.4 is 5.32 Å². The minimum atomic E-state index is -3.40. The number of halogens is 3. The summed E-state index contributed by atoms with van der Waals surface area (Å²) in [6.45, 7) is -1.11. The minimum absolute atomic E-state index is 0. The fraction of sp³-hybridized carbons (Fsp3) is 0.300. The molecule has 1 amide bonds. The predicted molar refractivity (Wildman–Crippen MR) is 64.2 cm³/mol. The van der Waals surface area contributed by atoms with Gasteiger partial charge in [-0.3, -0.25) is 10.1 Å². The predicted octanol–water partition coefficient (Wildman–Crippen LogP) is 2.14. The van der Waals surface area contributed by atoms with E-state index in [2.05, 4.69) is 4.74 Å². The summed E-state index contributed by atoms with van der Waals surface area (Å²) < 4.78 is 31.3. The maximum absolute atomic E-state index is 13.6. The number of alkyl carbamates (subject to hydrolysis) is 1. The van der Waals surface area contributed by atoms with Crippen LogP contribution in [0.5, 0.6) is 5.75 Å². The fourth-order valence-electron chi connectivity index (χ4n) is 1.70. The molecule has 1 saturated heterocycles. The van der Waals surface area contributed by atoms with Crippen LogP contribution in [0.3, 0.4) is 0 Å². The number of nitrogens with zero attached hydrogens (tertiary/aromatic N) is 1. The molecule has 0 unspecified atom stereocenters. The first kappa shape index (κ1) is 15.9. The molecule has 1 heterocycles. The van der Waals surface area contributed by atoms with Gasteiger partial charge in [0.15, 0.2) is 12.4 Å². The quantitative estimate of drug-likeness (QED) is 0.643. The largest absolute Gasteiger partial charge is 0.502 e. The lowest BCUT2D eigenvalue weighted by Gasteiger charge is -2.31. The van der Waals surface area contributed by atoms with Crippen molar-refractivity contribution in [3.05, 3.63) is 33.9 Å². The van der Waals surface area contributed by atoms with E-state index in [4.69, 9.17) is 0 Å². The third-order valence-corrected chi connectivity index (χ3v) is 2.61. The summed E-state index contributed by atoms with van der Waals surface area (Å²) in [4.78, 5) is 20.7. The van der Waals surface area contributed by atoms with Crippen molar-refractivity contribution >= 4 is 24.2 Å². The summed E-state index contributed by atoms with van der Waals surface area (Å²) in [5, 5.41) is 21.8. The molecular weight excluding hydrogens is 302 g/mol. The Hall–Kier alpha value is -2.16. The van der Waals surface area contributed by atoms with E-state index in [-0.39, 0.29) is 18.0 Å². The number of nitro groups is 1. The third kappa shape index (κ3) is 2.87. The van der Waals surface area contributed by atoms with Crippen molar-refractivity contribution in [2.45, 2.75) is 12.0 Å². The van der Waals surface area contributed by atoms with E-state index in [1.54, 1.807) is 0 Å². The number of benzene rings is 1. The molecule has 0 bridgehead atoms. The highest BCUT2D eigenvalue weighted by molar-refractivity contribution is 5.85. The zero-order chi connectivity index (χ0) is 14.2. The van der Waals surface area contributed by atoms with Crippen LogP contribution in [-0.4, -0.2) is 28.7 Å². The summed E-state index contributed by atoms with van der Waals surface area (Å²) in [5.41, 5.74) is -0.903. The van der Waals surface area contributed by atoms with E-state index >= 15 is 0 Å². The van der Waals surface area contributed by atoms with Gasteiger partial charge in [-0.25, -0.2) is 13.6 Å². The average molecular weight is 311 g/mol. The zero-order valence-corrected chi connectivity index (χ0v) is 10.5. The lowest BCUT2D eigenvalue weighted by Crippen LogP contribution is -2.49. The number of hydrogen-bond acceptors (Lipinski definition) is 5. The number of amides is 1. The topological polar surface area (TPSA) is 102 Å². The van der Waals surface area contributed by atoms with Crippen LogP contribution in [0.4, 0.5) is 19.3 Å². The number of aromatic hydroxyl groups is 1. The molecule has 10 heteroatoms. The van der Waals surface area contributed by atoms with E-state index < -0.39 is 41.0 Å². The van der Waals surface area contributed by atoms with E-state index in [0.717, 1.165) is 18.2 Å². The number of phenols is 1. The maximum Gasteiger partial charge on any atom is 0.408 e. The fourth-order valence-corrected chi connectivity index (χ4v) is 1.70. The van der Waals surface area contributed by atoms with Crippen LogP contribution in [0, 0.1) is 10.1 Å². The number of hydrogen-bond donors (Lipinski definition) is 2. The van der Waals surface area contributed by atoms with Crippen LogP contribution >= 0.6 is 12.4 Å². The Morgan fingerprint density at radius 3 is 2.75 bits per heavy atom. The Morgan fingerprint density at radius 2 is 2.15 bits per heavy atom. The molecule has 1 aromatic rings. The number of cyclic esters (lactones) is 1. The van der Waals surface area contributed by atoms with Gasteiger partial charge in [-0.15, -0.1) is 12.4 Å². The summed E-state index contributed by atoms with van der Waals surface area (Å²) >= 11 is 0. The highest BCUT2D eigenvalue weighted by Crippen LogP contribution is 2.37. The molecule has 0 radical (unpaired) electrons. The van der Waals surface area contributed by atoms with Gasteiger partial charge in [-0.2, -0.15) is 0 Å². The van der Waals surface area contributed by atoms with Crippen molar-refractivity contribution in [3.63, 3.8) is 0 Å². The average Bonchev–Trinajstić information content (AvgIpc) is 2.33. The molecule has 0 aliphatic carbocycles. The van der Waals surface area contributed by atoms with Crippen molar-refractivity contribution in [2.24, 2.45) is 0 Å². The van der Waals surface area contributed by atoms with Crippen LogP contribution in [0.25, 0.3) is 0 Å². The van der Waals surface area contributed by atoms with Crippen LogP contribution in [-0.2, 0) is 4.74 Å². The second kappa shape index (κ2) is 5.45. The standard InChI is InChI=1S/C10H8F2N2O5.ClH/c11-10(12)4-19-9(16)13-8(10)5-1-2-7(15)6(3-5)14(17)18;/h1-3,8,15H,4H2,(H,13,16);1H/t8-;/m0./s1. The Morgan fingerprint density at radius 1 is 1.50 bits per heavy atom. The van der Waals surface area contributed by atoms with Crippen molar-refractivity contribution < 1.29 is 28.3 Å². The number of ether oxygens (including phenoxy) is 1. The van der Waals surface area contributed by atoms with Crippen LogP contribution in [0.2, 0.25) is 0 Å². The van der Waals surface area contributed by atoms with E-state index in [0.29, 0.717) is 0 Å². The number of carbonyl (C=O) groups is 1. The first-order valence-corrected chi connectivity index (χ1v) is 5.09. The number of carbonyl (C=O) groups excluding carboxylic acids is 1. The normalized spacial score (nSPS) is 20.3. The van der Waals surface area contributed by atoms with Crippen molar-refractivity contribution in [3.8, 4) is 5.75 Å². The number of rotatable bonds is 2. The van der Waals surface area contributed by atoms with Crippen LogP contribution in [0.15, 0.2) is 18.2 Å². The Kier molecular flexibility index (Phi) is 4.33.